The van der Waals surface area contributed by atoms with E-state index >= 15 is 0 Å². The Morgan fingerprint density at radius 2 is 1.61 bits per heavy atom. The molecule has 0 heterocycles. The first-order valence-corrected chi connectivity index (χ1v) is 6.17. The van der Waals surface area contributed by atoms with Crippen LogP contribution in [0.15, 0.2) is 54.6 Å². The first-order valence-electron chi connectivity index (χ1n) is 6.17. The van der Waals surface area contributed by atoms with Crippen molar-refractivity contribution in [2.75, 3.05) is 0 Å². The SMILES string of the molecule is CCC(O)(Cc1ccccc1F)c1ccccc1. The van der Waals surface area contributed by atoms with Crippen molar-refractivity contribution < 1.29 is 9.50 Å². The van der Waals surface area contributed by atoms with Gasteiger partial charge in [0, 0.05) is 6.42 Å². The van der Waals surface area contributed by atoms with Gasteiger partial charge in [-0.15, -0.1) is 0 Å². The lowest BCUT2D eigenvalue weighted by atomic mass is 9.85. The van der Waals surface area contributed by atoms with Crippen LogP contribution >= 0.6 is 0 Å². The number of benzene rings is 2. The van der Waals surface area contributed by atoms with E-state index in [1.165, 1.54) is 6.07 Å². The zero-order valence-electron chi connectivity index (χ0n) is 10.4. The van der Waals surface area contributed by atoms with E-state index in [-0.39, 0.29) is 5.82 Å². The van der Waals surface area contributed by atoms with Crippen LogP contribution in [0.5, 0.6) is 0 Å². The van der Waals surface area contributed by atoms with Crippen molar-refractivity contribution in [2.45, 2.75) is 25.4 Å². The van der Waals surface area contributed by atoms with Gasteiger partial charge >= 0.3 is 0 Å². The highest BCUT2D eigenvalue weighted by Crippen LogP contribution is 2.29. The van der Waals surface area contributed by atoms with Crippen molar-refractivity contribution in [3.63, 3.8) is 0 Å². The first-order chi connectivity index (χ1) is 8.65. The van der Waals surface area contributed by atoms with E-state index in [4.69, 9.17) is 0 Å². The van der Waals surface area contributed by atoms with Crippen LogP contribution in [-0.4, -0.2) is 5.11 Å². The average molecular weight is 244 g/mol. The summed E-state index contributed by atoms with van der Waals surface area (Å²) in [6.45, 7) is 1.91. The molecular weight excluding hydrogens is 227 g/mol. The normalized spacial score (nSPS) is 14.2. The van der Waals surface area contributed by atoms with E-state index in [2.05, 4.69) is 0 Å². The quantitative estimate of drug-likeness (QED) is 0.870. The standard InChI is InChI=1S/C16H17FO/c1-2-16(18,14-9-4-3-5-10-14)12-13-8-6-7-11-15(13)17/h3-11,18H,2,12H2,1H3. The predicted octanol–water partition coefficient (Wildman–Crippen LogP) is 3.67. The Hall–Kier alpha value is -1.67. The van der Waals surface area contributed by atoms with Crippen LogP contribution in [0, 0.1) is 5.82 Å². The van der Waals surface area contributed by atoms with Gasteiger partial charge in [-0.25, -0.2) is 4.39 Å². The third kappa shape index (κ3) is 2.59. The molecule has 2 rings (SSSR count). The molecule has 0 aliphatic heterocycles. The van der Waals surface area contributed by atoms with Gasteiger partial charge in [0.2, 0.25) is 0 Å². The summed E-state index contributed by atoms with van der Waals surface area (Å²) in [5.74, 6) is -0.264. The molecule has 1 atom stereocenters. The van der Waals surface area contributed by atoms with Gasteiger partial charge in [0.1, 0.15) is 5.82 Å². The second-order valence-electron chi connectivity index (χ2n) is 4.52. The lowest BCUT2D eigenvalue weighted by molar-refractivity contribution is 0.0319. The molecule has 18 heavy (non-hydrogen) atoms. The van der Waals surface area contributed by atoms with Gasteiger partial charge in [-0.3, -0.25) is 0 Å². The summed E-state index contributed by atoms with van der Waals surface area (Å²) in [7, 11) is 0. The van der Waals surface area contributed by atoms with Crippen LogP contribution in [0.4, 0.5) is 4.39 Å². The van der Waals surface area contributed by atoms with Gasteiger partial charge in [-0.05, 0) is 23.6 Å². The summed E-state index contributed by atoms with van der Waals surface area (Å²) in [5, 5.41) is 10.7. The maximum absolute atomic E-state index is 13.7. The van der Waals surface area contributed by atoms with E-state index in [0.29, 0.717) is 18.4 Å². The fourth-order valence-electron chi connectivity index (χ4n) is 2.14. The Morgan fingerprint density at radius 1 is 1.00 bits per heavy atom. The minimum atomic E-state index is -1.01. The topological polar surface area (TPSA) is 20.2 Å². The van der Waals surface area contributed by atoms with E-state index < -0.39 is 5.60 Å². The lowest BCUT2D eigenvalue weighted by Gasteiger charge is -2.27. The highest BCUT2D eigenvalue weighted by Gasteiger charge is 2.28. The van der Waals surface area contributed by atoms with E-state index in [9.17, 15) is 9.50 Å². The van der Waals surface area contributed by atoms with Crippen molar-refractivity contribution in [3.05, 3.63) is 71.5 Å². The van der Waals surface area contributed by atoms with Crippen LogP contribution in [0.2, 0.25) is 0 Å². The van der Waals surface area contributed by atoms with Gasteiger partial charge in [-0.2, -0.15) is 0 Å². The minimum absolute atomic E-state index is 0.264. The highest BCUT2D eigenvalue weighted by atomic mass is 19.1. The van der Waals surface area contributed by atoms with Gasteiger partial charge in [-0.1, -0.05) is 55.5 Å². The number of hydrogen-bond acceptors (Lipinski definition) is 1. The molecule has 2 heteroatoms. The predicted molar refractivity (Wildman–Crippen MR) is 70.7 cm³/mol. The molecule has 0 aliphatic carbocycles. The summed E-state index contributed by atoms with van der Waals surface area (Å²) in [5.41, 5.74) is 0.366. The Bertz CT molecular complexity index is 510. The zero-order valence-corrected chi connectivity index (χ0v) is 10.4. The summed E-state index contributed by atoms with van der Waals surface area (Å²) in [6, 6.07) is 16.0. The molecule has 0 saturated heterocycles. The van der Waals surface area contributed by atoms with Crippen molar-refractivity contribution in [2.24, 2.45) is 0 Å². The molecule has 0 aromatic heterocycles. The zero-order chi connectivity index (χ0) is 13.0. The van der Waals surface area contributed by atoms with Crippen molar-refractivity contribution >= 4 is 0 Å². The maximum Gasteiger partial charge on any atom is 0.126 e. The summed E-state index contributed by atoms with van der Waals surface area (Å²) in [4.78, 5) is 0. The average Bonchev–Trinajstić information content (AvgIpc) is 2.42. The largest absolute Gasteiger partial charge is 0.385 e. The smallest absolute Gasteiger partial charge is 0.126 e. The van der Waals surface area contributed by atoms with E-state index in [1.807, 2.05) is 37.3 Å². The van der Waals surface area contributed by atoms with Gasteiger partial charge < -0.3 is 5.11 Å². The van der Waals surface area contributed by atoms with Crippen LogP contribution in [0.3, 0.4) is 0 Å². The molecule has 94 valence electrons. The number of rotatable bonds is 4. The second-order valence-corrected chi connectivity index (χ2v) is 4.52. The fraction of sp³-hybridized carbons (Fsp3) is 0.250. The molecular formula is C16H17FO. The monoisotopic (exact) mass is 244 g/mol. The molecule has 1 unspecified atom stereocenters. The molecule has 0 saturated carbocycles. The number of hydrogen-bond donors (Lipinski definition) is 1. The van der Waals surface area contributed by atoms with Gasteiger partial charge in [0.15, 0.2) is 0 Å². The van der Waals surface area contributed by atoms with Crippen LogP contribution in [-0.2, 0) is 12.0 Å². The first kappa shape index (κ1) is 12.8. The van der Waals surface area contributed by atoms with E-state index in [1.54, 1.807) is 18.2 Å². The number of halogens is 1. The Balaban J connectivity index is 2.32. The summed E-state index contributed by atoms with van der Waals surface area (Å²) >= 11 is 0. The van der Waals surface area contributed by atoms with Crippen LogP contribution < -0.4 is 0 Å². The molecule has 0 radical (unpaired) electrons. The van der Waals surface area contributed by atoms with Crippen molar-refractivity contribution in [1.29, 1.82) is 0 Å². The molecule has 1 nitrogen and oxygen atoms in total. The third-order valence-corrected chi connectivity index (χ3v) is 3.34. The molecule has 0 aliphatic rings. The molecule has 1 N–H and O–H groups in total. The van der Waals surface area contributed by atoms with Crippen molar-refractivity contribution in [3.8, 4) is 0 Å². The molecule has 0 fully saturated rings. The Kier molecular flexibility index (Phi) is 3.78. The number of aliphatic hydroxyl groups is 1. The lowest BCUT2D eigenvalue weighted by Crippen LogP contribution is -2.28. The van der Waals surface area contributed by atoms with Gasteiger partial charge in [0.05, 0.1) is 5.60 Å². The van der Waals surface area contributed by atoms with Crippen LogP contribution in [0.25, 0.3) is 0 Å². The highest BCUT2D eigenvalue weighted by molar-refractivity contribution is 5.27. The third-order valence-electron chi connectivity index (χ3n) is 3.34. The second kappa shape index (κ2) is 5.32. The fourth-order valence-corrected chi connectivity index (χ4v) is 2.14. The summed E-state index contributed by atoms with van der Waals surface area (Å²) in [6.07, 6.45) is 0.839. The van der Waals surface area contributed by atoms with Gasteiger partial charge in [0.25, 0.3) is 0 Å². The van der Waals surface area contributed by atoms with Crippen LogP contribution in [0.1, 0.15) is 24.5 Å². The molecule has 2 aromatic carbocycles. The van der Waals surface area contributed by atoms with Crippen molar-refractivity contribution in [1.82, 2.24) is 0 Å². The Labute approximate surface area is 107 Å². The molecule has 0 bridgehead atoms. The summed E-state index contributed by atoms with van der Waals surface area (Å²) < 4.78 is 13.7. The Morgan fingerprint density at radius 3 is 2.22 bits per heavy atom. The van der Waals surface area contributed by atoms with E-state index in [0.717, 1.165) is 5.56 Å². The molecule has 0 amide bonds. The molecule has 2 aromatic rings. The minimum Gasteiger partial charge on any atom is -0.385 e. The maximum atomic E-state index is 13.7. The molecule has 0 spiro atoms.